The van der Waals surface area contributed by atoms with Crippen LogP contribution in [0.15, 0.2) is 42.5 Å². The number of hydrogen-bond donors (Lipinski definition) is 1. The Morgan fingerprint density at radius 2 is 1.59 bits per heavy atom. The van der Waals surface area contributed by atoms with Crippen LogP contribution in [0.3, 0.4) is 0 Å². The predicted octanol–water partition coefficient (Wildman–Crippen LogP) is 6.04. The van der Waals surface area contributed by atoms with Gasteiger partial charge in [-0.25, -0.2) is 8.78 Å². The molecule has 0 spiro atoms. The second kappa shape index (κ2) is 14.0. The quantitative estimate of drug-likeness (QED) is 0.338. The SMILES string of the molecule is COc1ccc([C@@H]2CN(C3CCC(OC)CC3)C[C@@]2(F)C(=O)N2C[C@@H](F)[C@@H](c3ccc(C(F)(F)F)cc3N3CCC(C(=O)O)CC3)C2)cc1. The second-order valence-electron chi connectivity index (χ2n) is 14.0. The Morgan fingerprint density at radius 1 is 0.918 bits per heavy atom. The van der Waals surface area contributed by atoms with Gasteiger partial charge in [0.2, 0.25) is 5.67 Å². The second-order valence-corrected chi connectivity index (χ2v) is 14.0. The van der Waals surface area contributed by atoms with E-state index in [1.54, 1.807) is 36.3 Å². The van der Waals surface area contributed by atoms with E-state index in [0.29, 0.717) is 23.4 Å². The van der Waals surface area contributed by atoms with Gasteiger partial charge < -0.3 is 24.4 Å². The lowest BCUT2D eigenvalue weighted by molar-refractivity contribution is -0.143. The number of rotatable bonds is 8. The first kappa shape index (κ1) is 35.4. The molecule has 0 aromatic heterocycles. The number of nitrogens with zero attached hydrogens (tertiary/aromatic N) is 3. The summed E-state index contributed by atoms with van der Waals surface area (Å²) in [6, 6.07) is 10.2. The summed E-state index contributed by atoms with van der Waals surface area (Å²) in [6.45, 7) is -0.0296. The zero-order valence-electron chi connectivity index (χ0n) is 27.8. The lowest BCUT2D eigenvalue weighted by atomic mass is 9.85. The number of carbonyl (C=O) groups excluding carboxylic acids is 1. The van der Waals surface area contributed by atoms with Crippen molar-refractivity contribution < 1.29 is 46.1 Å². The number of carboxylic acid groups (broad SMARTS) is 1. The number of halogens is 5. The van der Waals surface area contributed by atoms with E-state index in [4.69, 9.17) is 9.47 Å². The average Bonchev–Trinajstić information content (AvgIpc) is 3.67. The van der Waals surface area contributed by atoms with Crippen LogP contribution >= 0.6 is 0 Å². The van der Waals surface area contributed by atoms with Crippen LogP contribution in [0.5, 0.6) is 5.75 Å². The molecule has 13 heteroatoms. The van der Waals surface area contributed by atoms with Crippen molar-refractivity contribution in [1.82, 2.24) is 9.80 Å². The standard InChI is InChI=1S/C36H44F5N3O5/c1-48-26-8-3-22(4-9-26)30-19-44(25-6-10-27(49-2)11-7-25)21-35(30,38)34(47)43-18-29(31(37)20-43)28-12-5-24(36(39,40)41)17-32(28)42-15-13-23(14-16-42)33(45)46/h3-5,8-9,12,17,23,25,27,29-31H,6-7,10-11,13-16,18-21H2,1-2H3,(H,45,46)/t25?,27?,29-,30+,31-,35+/m1/s1. The monoisotopic (exact) mass is 693 g/mol. The molecule has 268 valence electrons. The van der Waals surface area contributed by atoms with Crippen molar-refractivity contribution in [2.24, 2.45) is 5.92 Å². The number of piperidine rings is 1. The molecule has 1 saturated carbocycles. The van der Waals surface area contributed by atoms with Gasteiger partial charge in [-0.05, 0) is 73.9 Å². The highest BCUT2D eigenvalue weighted by atomic mass is 19.4. The lowest BCUT2D eigenvalue weighted by Gasteiger charge is -2.35. The molecular weight excluding hydrogens is 649 g/mol. The molecule has 0 radical (unpaired) electrons. The molecular formula is C36H44F5N3O5. The molecule has 3 saturated heterocycles. The fraction of sp³-hybridized carbons (Fsp3) is 0.611. The van der Waals surface area contributed by atoms with Gasteiger partial charge in [0, 0.05) is 63.4 Å². The van der Waals surface area contributed by atoms with Gasteiger partial charge in [-0.1, -0.05) is 18.2 Å². The molecule has 0 bridgehead atoms. The van der Waals surface area contributed by atoms with Crippen LogP contribution in [0, 0.1) is 5.92 Å². The van der Waals surface area contributed by atoms with Crippen molar-refractivity contribution in [2.75, 3.05) is 58.4 Å². The maximum atomic E-state index is 17.6. The molecule has 4 aliphatic rings. The van der Waals surface area contributed by atoms with E-state index in [0.717, 1.165) is 37.8 Å². The summed E-state index contributed by atoms with van der Waals surface area (Å²) < 4.78 is 85.8. The van der Waals surface area contributed by atoms with E-state index in [9.17, 15) is 27.9 Å². The molecule has 6 rings (SSSR count). The van der Waals surface area contributed by atoms with E-state index in [1.807, 2.05) is 4.90 Å². The van der Waals surface area contributed by atoms with Crippen LogP contribution in [0.4, 0.5) is 27.6 Å². The van der Waals surface area contributed by atoms with Crippen molar-refractivity contribution >= 4 is 17.6 Å². The Hall–Kier alpha value is -3.45. The topological polar surface area (TPSA) is 82.6 Å². The van der Waals surface area contributed by atoms with Crippen LogP contribution in [0.2, 0.25) is 0 Å². The zero-order valence-corrected chi connectivity index (χ0v) is 27.8. The first-order valence-corrected chi connectivity index (χ1v) is 17.0. The molecule has 3 aliphatic heterocycles. The number of ether oxygens (including phenoxy) is 2. The van der Waals surface area contributed by atoms with Gasteiger partial charge in [-0.3, -0.25) is 14.5 Å². The maximum Gasteiger partial charge on any atom is 0.416 e. The van der Waals surface area contributed by atoms with Crippen LogP contribution < -0.4 is 9.64 Å². The molecule has 8 nitrogen and oxygen atoms in total. The minimum Gasteiger partial charge on any atom is -0.497 e. The maximum absolute atomic E-state index is 17.6. The van der Waals surface area contributed by atoms with Gasteiger partial charge in [0.05, 0.1) is 31.2 Å². The number of alkyl halides is 5. The summed E-state index contributed by atoms with van der Waals surface area (Å²) in [7, 11) is 3.21. The van der Waals surface area contributed by atoms with E-state index in [1.165, 1.54) is 18.1 Å². The van der Waals surface area contributed by atoms with Crippen molar-refractivity contribution in [3.8, 4) is 5.75 Å². The lowest BCUT2D eigenvalue weighted by Crippen LogP contribution is -2.50. The number of carboxylic acids is 1. The molecule has 2 aromatic rings. The van der Waals surface area contributed by atoms with Crippen LogP contribution in [-0.4, -0.2) is 104 Å². The summed E-state index contributed by atoms with van der Waals surface area (Å²) in [4.78, 5) is 30.7. The summed E-state index contributed by atoms with van der Waals surface area (Å²) in [5, 5.41) is 9.43. The predicted molar refractivity (Wildman–Crippen MR) is 172 cm³/mol. The normalized spacial score (nSPS) is 30.1. The number of aliphatic carboxylic acids is 1. The van der Waals surface area contributed by atoms with Crippen molar-refractivity contribution in [2.45, 2.75) is 80.5 Å². The highest BCUT2D eigenvalue weighted by Crippen LogP contribution is 2.46. The van der Waals surface area contributed by atoms with E-state index < -0.39 is 53.2 Å². The minimum atomic E-state index is -4.65. The fourth-order valence-corrected chi connectivity index (χ4v) is 8.36. The van der Waals surface area contributed by atoms with Crippen molar-refractivity contribution in [3.63, 3.8) is 0 Å². The Balaban J connectivity index is 1.27. The van der Waals surface area contributed by atoms with Gasteiger partial charge in [-0.2, -0.15) is 13.2 Å². The highest BCUT2D eigenvalue weighted by molar-refractivity contribution is 5.88. The van der Waals surface area contributed by atoms with Gasteiger partial charge in [0.25, 0.3) is 5.91 Å². The van der Waals surface area contributed by atoms with E-state index in [-0.39, 0.29) is 63.4 Å². The van der Waals surface area contributed by atoms with Gasteiger partial charge in [0.1, 0.15) is 11.9 Å². The highest BCUT2D eigenvalue weighted by Gasteiger charge is 2.57. The van der Waals surface area contributed by atoms with Gasteiger partial charge in [-0.15, -0.1) is 0 Å². The van der Waals surface area contributed by atoms with E-state index >= 15 is 8.78 Å². The number of carbonyl (C=O) groups is 2. The number of amides is 1. The minimum absolute atomic E-state index is 0.0674. The largest absolute Gasteiger partial charge is 0.497 e. The summed E-state index contributed by atoms with van der Waals surface area (Å²) in [6.07, 6.45) is -2.39. The third-order valence-electron chi connectivity index (χ3n) is 11.2. The molecule has 4 atom stereocenters. The third kappa shape index (κ3) is 7.10. The van der Waals surface area contributed by atoms with Crippen LogP contribution in [-0.2, 0) is 20.5 Å². The molecule has 1 N–H and O–H groups in total. The molecule has 4 fully saturated rings. The van der Waals surface area contributed by atoms with Gasteiger partial charge in [0.15, 0.2) is 0 Å². The number of likely N-dealkylation sites (tertiary alicyclic amines) is 2. The van der Waals surface area contributed by atoms with Crippen molar-refractivity contribution in [3.05, 3.63) is 59.2 Å². The molecule has 1 amide bonds. The molecule has 1 aliphatic carbocycles. The molecule has 49 heavy (non-hydrogen) atoms. The van der Waals surface area contributed by atoms with Crippen LogP contribution in [0.1, 0.15) is 67.1 Å². The molecule has 2 aromatic carbocycles. The van der Waals surface area contributed by atoms with Crippen LogP contribution in [0.25, 0.3) is 0 Å². The van der Waals surface area contributed by atoms with E-state index in [2.05, 4.69) is 0 Å². The Bertz CT molecular complexity index is 1490. The first-order valence-electron chi connectivity index (χ1n) is 17.0. The third-order valence-corrected chi connectivity index (χ3v) is 11.2. The Kier molecular flexibility index (Phi) is 10.1. The summed E-state index contributed by atoms with van der Waals surface area (Å²) >= 11 is 0. The number of anilines is 1. The smallest absolute Gasteiger partial charge is 0.416 e. The fourth-order valence-electron chi connectivity index (χ4n) is 8.36. The number of benzene rings is 2. The summed E-state index contributed by atoms with van der Waals surface area (Å²) in [5.74, 6) is -3.60. The Labute approximate surface area is 283 Å². The van der Waals surface area contributed by atoms with Crippen molar-refractivity contribution in [1.29, 1.82) is 0 Å². The number of hydrogen-bond acceptors (Lipinski definition) is 6. The molecule has 3 heterocycles. The zero-order chi connectivity index (χ0) is 35.1. The van der Waals surface area contributed by atoms with Gasteiger partial charge >= 0.3 is 12.1 Å². The molecule has 0 unspecified atom stereocenters. The average molecular weight is 694 g/mol. The number of methoxy groups -OCH3 is 2. The first-order chi connectivity index (χ1) is 23.3. The Morgan fingerprint density at radius 3 is 2.18 bits per heavy atom. The summed E-state index contributed by atoms with van der Waals surface area (Å²) in [5.41, 5.74) is -2.16.